The van der Waals surface area contributed by atoms with Crippen LogP contribution in [0.15, 0.2) is 35.5 Å². The summed E-state index contributed by atoms with van der Waals surface area (Å²) < 4.78 is 0. The van der Waals surface area contributed by atoms with Crippen LogP contribution in [0.2, 0.25) is 0 Å². The minimum atomic E-state index is -0.196. The number of aromatic nitrogens is 1. The summed E-state index contributed by atoms with van der Waals surface area (Å²) in [5, 5.41) is 0.986. The number of aliphatic imine (C=N–C) groups is 1. The van der Waals surface area contributed by atoms with Crippen molar-refractivity contribution in [2.24, 2.45) is 4.99 Å². The van der Waals surface area contributed by atoms with Gasteiger partial charge in [-0.3, -0.25) is 9.78 Å². The van der Waals surface area contributed by atoms with Gasteiger partial charge in [-0.05, 0) is 6.07 Å². The second-order valence-electron chi connectivity index (χ2n) is 3.17. The van der Waals surface area contributed by atoms with E-state index in [1.165, 1.54) is 0 Å². The Morgan fingerprint density at radius 1 is 1.14 bits per heavy atom. The molecule has 0 unspecified atom stereocenters. The second kappa shape index (κ2) is 2.48. The number of benzene rings is 1. The number of hydrogen-bond donors (Lipinski definition) is 0. The number of rotatable bonds is 0. The number of fused-ring (bicyclic) bond motifs is 3. The van der Waals surface area contributed by atoms with Gasteiger partial charge in [-0.1, -0.05) is 18.2 Å². The molecule has 0 saturated heterocycles. The molecule has 1 aromatic carbocycles. The zero-order valence-electron chi connectivity index (χ0n) is 7.27. The molecular weight excluding hydrogens is 176 g/mol. The van der Waals surface area contributed by atoms with Gasteiger partial charge in [0.15, 0.2) is 0 Å². The van der Waals surface area contributed by atoms with Gasteiger partial charge in [0.05, 0.1) is 11.1 Å². The number of pyridine rings is 1. The molecule has 3 nitrogen and oxygen atoms in total. The third-order valence-corrected chi connectivity index (χ3v) is 2.36. The summed E-state index contributed by atoms with van der Waals surface area (Å²) in [5.41, 5.74) is 2.39. The summed E-state index contributed by atoms with van der Waals surface area (Å²) in [7, 11) is 0. The van der Waals surface area contributed by atoms with Crippen molar-refractivity contribution in [2.45, 2.75) is 0 Å². The summed E-state index contributed by atoms with van der Waals surface area (Å²) in [5.74, 6) is -0.196. The lowest BCUT2D eigenvalue weighted by molar-refractivity contribution is 0.101. The Labute approximate surface area is 80.1 Å². The molecule has 3 rings (SSSR count). The van der Waals surface area contributed by atoms with Crippen LogP contribution < -0.4 is 0 Å². The van der Waals surface area contributed by atoms with Crippen LogP contribution in [-0.4, -0.2) is 17.1 Å². The Morgan fingerprint density at radius 2 is 2.00 bits per heavy atom. The van der Waals surface area contributed by atoms with Gasteiger partial charge in [0.1, 0.15) is 0 Å². The van der Waals surface area contributed by atoms with E-state index in [1.54, 1.807) is 12.4 Å². The molecule has 0 N–H and O–H groups in total. The van der Waals surface area contributed by atoms with E-state index in [2.05, 4.69) is 9.98 Å². The Balaban J connectivity index is 2.49. The van der Waals surface area contributed by atoms with Crippen LogP contribution >= 0.6 is 0 Å². The largest absolute Gasteiger partial charge is 0.279 e. The highest BCUT2D eigenvalue weighted by Crippen LogP contribution is 2.22. The van der Waals surface area contributed by atoms with Crippen LogP contribution in [0.5, 0.6) is 0 Å². The van der Waals surface area contributed by atoms with Crippen molar-refractivity contribution in [3.63, 3.8) is 0 Å². The van der Waals surface area contributed by atoms with Gasteiger partial charge in [0.25, 0.3) is 5.91 Å². The lowest BCUT2D eigenvalue weighted by Crippen LogP contribution is -1.94. The fourth-order valence-corrected chi connectivity index (χ4v) is 1.66. The highest BCUT2D eigenvalue weighted by molar-refractivity contribution is 6.18. The highest BCUT2D eigenvalue weighted by atomic mass is 16.1. The molecule has 3 heteroatoms. The molecule has 1 aliphatic heterocycles. The van der Waals surface area contributed by atoms with E-state index in [0.29, 0.717) is 5.56 Å². The van der Waals surface area contributed by atoms with Crippen molar-refractivity contribution in [1.29, 1.82) is 0 Å². The number of carbonyl (C=O) groups excluding carboxylic acids is 1. The van der Waals surface area contributed by atoms with Crippen molar-refractivity contribution >= 4 is 23.0 Å². The minimum Gasteiger partial charge on any atom is -0.267 e. The van der Waals surface area contributed by atoms with E-state index in [1.807, 2.05) is 24.3 Å². The van der Waals surface area contributed by atoms with E-state index in [-0.39, 0.29) is 5.91 Å². The van der Waals surface area contributed by atoms with Gasteiger partial charge in [-0.2, -0.15) is 0 Å². The SMILES string of the molecule is O=C1N=Cc2c1cnc1ccccc21. The molecule has 0 saturated carbocycles. The van der Waals surface area contributed by atoms with Crippen LogP contribution in [0, 0.1) is 0 Å². The van der Waals surface area contributed by atoms with Crippen LogP contribution in [0.4, 0.5) is 0 Å². The quantitative estimate of drug-likeness (QED) is 0.623. The maximum atomic E-state index is 11.3. The number of para-hydroxylation sites is 1. The van der Waals surface area contributed by atoms with Crippen LogP contribution in [-0.2, 0) is 0 Å². The zero-order chi connectivity index (χ0) is 9.54. The normalized spacial score (nSPS) is 13.6. The van der Waals surface area contributed by atoms with Gasteiger partial charge >= 0.3 is 0 Å². The first-order valence-electron chi connectivity index (χ1n) is 4.32. The lowest BCUT2D eigenvalue weighted by Gasteiger charge is -2.00. The van der Waals surface area contributed by atoms with Crippen molar-refractivity contribution in [2.75, 3.05) is 0 Å². The predicted octanol–water partition coefficient (Wildman–Crippen LogP) is 1.81. The second-order valence-corrected chi connectivity index (χ2v) is 3.17. The molecule has 66 valence electrons. The summed E-state index contributed by atoms with van der Waals surface area (Å²) >= 11 is 0. The molecule has 14 heavy (non-hydrogen) atoms. The third-order valence-electron chi connectivity index (χ3n) is 2.36. The zero-order valence-corrected chi connectivity index (χ0v) is 7.27. The molecule has 0 radical (unpaired) electrons. The van der Waals surface area contributed by atoms with Gasteiger partial charge in [-0.25, -0.2) is 4.99 Å². The molecule has 0 spiro atoms. The first-order valence-corrected chi connectivity index (χ1v) is 4.32. The predicted molar refractivity (Wildman–Crippen MR) is 53.7 cm³/mol. The van der Waals surface area contributed by atoms with E-state index in [0.717, 1.165) is 16.5 Å². The first kappa shape index (κ1) is 7.38. The number of carbonyl (C=O) groups is 1. The maximum absolute atomic E-state index is 11.3. The van der Waals surface area contributed by atoms with Gasteiger partial charge < -0.3 is 0 Å². The number of hydrogen-bond acceptors (Lipinski definition) is 2. The van der Waals surface area contributed by atoms with E-state index >= 15 is 0 Å². The molecule has 0 fully saturated rings. The summed E-state index contributed by atoms with van der Waals surface area (Å²) in [6, 6.07) is 7.73. The smallest absolute Gasteiger partial charge is 0.267 e. The van der Waals surface area contributed by atoms with Gasteiger partial charge in [0.2, 0.25) is 0 Å². The standard InChI is InChI=1S/C11H6N2O/c14-11-9-6-12-10-4-2-1-3-7(10)8(9)5-13-11/h1-6H. The summed E-state index contributed by atoms with van der Waals surface area (Å²) in [4.78, 5) is 19.2. The van der Waals surface area contributed by atoms with E-state index < -0.39 is 0 Å². The van der Waals surface area contributed by atoms with Gasteiger partial charge in [-0.15, -0.1) is 0 Å². The topological polar surface area (TPSA) is 42.3 Å². The van der Waals surface area contributed by atoms with Gasteiger partial charge in [0, 0.05) is 23.4 Å². The maximum Gasteiger partial charge on any atom is 0.279 e. The summed E-state index contributed by atoms with van der Waals surface area (Å²) in [6.07, 6.45) is 3.20. The Bertz CT molecular complexity index is 573. The van der Waals surface area contributed by atoms with Crippen molar-refractivity contribution < 1.29 is 4.79 Å². The molecule has 1 aromatic heterocycles. The summed E-state index contributed by atoms with van der Waals surface area (Å²) in [6.45, 7) is 0. The minimum absolute atomic E-state index is 0.196. The van der Waals surface area contributed by atoms with Crippen molar-refractivity contribution in [1.82, 2.24) is 4.98 Å². The molecule has 0 atom stereocenters. The van der Waals surface area contributed by atoms with Crippen LogP contribution in [0.1, 0.15) is 15.9 Å². The van der Waals surface area contributed by atoms with E-state index in [4.69, 9.17) is 0 Å². The lowest BCUT2D eigenvalue weighted by atomic mass is 10.1. The Kier molecular flexibility index (Phi) is 1.31. The van der Waals surface area contributed by atoms with Crippen molar-refractivity contribution in [3.05, 3.63) is 41.6 Å². The number of nitrogens with zero attached hydrogens (tertiary/aromatic N) is 2. The van der Waals surface area contributed by atoms with Crippen molar-refractivity contribution in [3.8, 4) is 0 Å². The highest BCUT2D eigenvalue weighted by Gasteiger charge is 2.17. The molecule has 2 heterocycles. The molecular formula is C11H6N2O. The monoisotopic (exact) mass is 182 g/mol. The molecule has 0 aliphatic carbocycles. The fourth-order valence-electron chi connectivity index (χ4n) is 1.66. The molecule has 1 amide bonds. The Morgan fingerprint density at radius 3 is 2.93 bits per heavy atom. The average molecular weight is 182 g/mol. The molecule has 0 bridgehead atoms. The average Bonchev–Trinajstić information content (AvgIpc) is 2.61. The molecule has 1 aliphatic rings. The first-order chi connectivity index (χ1) is 6.86. The number of amides is 1. The van der Waals surface area contributed by atoms with Crippen LogP contribution in [0.3, 0.4) is 0 Å². The van der Waals surface area contributed by atoms with Crippen LogP contribution in [0.25, 0.3) is 10.9 Å². The Hall–Kier alpha value is -2.03. The molecule has 2 aromatic rings. The fraction of sp³-hybridized carbons (Fsp3) is 0. The third kappa shape index (κ3) is 0.836. The van der Waals surface area contributed by atoms with E-state index in [9.17, 15) is 4.79 Å².